The Morgan fingerprint density at radius 3 is 2.69 bits per heavy atom. The van der Waals surface area contributed by atoms with Crippen LogP contribution in [0.15, 0.2) is 18.2 Å². The first-order valence-corrected chi connectivity index (χ1v) is 4.32. The van der Waals surface area contributed by atoms with E-state index >= 15 is 0 Å². The van der Waals surface area contributed by atoms with Gasteiger partial charge in [-0.15, -0.1) is 0 Å². The van der Waals surface area contributed by atoms with E-state index in [1.54, 1.807) is 18.2 Å². The van der Waals surface area contributed by atoms with Gasteiger partial charge in [0.25, 0.3) is 0 Å². The van der Waals surface area contributed by atoms with Crippen LogP contribution in [0, 0.1) is 0 Å². The highest BCUT2D eigenvalue weighted by Gasteiger charge is 2.11. The van der Waals surface area contributed by atoms with Crippen molar-refractivity contribution in [2.75, 3.05) is 0 Å². The molecule has 0 radical (unpaired) electrons. The molecule has 0 aromatic heterocycles. The molecule has 0 unspecified atom stereocenters. The van der Waals surface area contributed by atoms with E-state index in [0.717, 1.165) is 12.0 Å². The third kappa shape index (κ3) is 2.92. The fraction of sp³-hybridized carbons (Fsp3) is 0.250. The molecule has 1 rings (SSSR count). The number of hydrogen-bond donors (Lipinski definition) is 2. The zero-order valence-corrected chi connectivity index (χ0v) is 7.95. The third-order valence-corrected chi connectivity index (χ3v) is 2.01. The summed E-state index contributed by atoms with van der Waals surface area (Å²) in [7, 11) is -1.79. The van der Waals surface area contributed by atoms with Gasteiger partial charge in [0.2, 0.25) is 0 Å². The molecule has 3 nitrogen and oxygen atoms in total. The van der Waals surface area contributed by atoms with Crippen molar-refractivity contribution in [2.45, 2.75) is 13.3 Å². The van der Waals surface area contributed by atoms with E-state index in [1.807, 2.05) is 6.92 Å². The van der Waals surface area contributed by atoms with Gasteiger partial charge in [-0.1, -0.05) is 18.5 Å². The minimum Gasteiger partial charge on any atom is -0.512 e. The SMILES string of the molecule is CCc1cc(OB(O)O)ccc1Cl. The van der Waals surface area contributed by atoms with Crippen molar-refractivity contribution < 1.29 is 14.7 Å². The second kappa shape index (κ2) is 4.51. The monoisotopic (exact) mass is 200 g/mol. The molecule has 0 bridgehead atoms. The van der Waals surface area contributed by atoms with Gasteiger partial charge in [0, 0.05) is 5.02 Å². The van der Waals surface area contributed by atoms with Gasteiger partial charge in [-0.2, -0.15) is 0 Å². The first-order valence-electron chi connectivity index (χ1n) is 3.94. The quantitative estimate of drug-likeness (QED) is 0.722. The van der Waals surface area contributed by atoms with Crippen LogP contribution in [-0.4, -0.2) is 17.4 Å². The van der Waals surface area contributed by atoms with Gasteiger partial charge in [-0.05, 0) is 30.2 Å². The summed E-state index contributed by atoms with van der Waals surface area (Å²) in [5.41, 5.74) is 0.916. The molecule has 0 atom stereocenters. The summed E-state index contributed by atoms with van der Waals surface area (Å²) in [5, 5.41) is 17.7. The van der Waals surface area contributed by atoms with E-state index in [-0.39, 0.29) is 0 Å². The second-order valence-corrected chi connectivity index (χ2v) is 2.96. The number of rotatable bonds is 3. The minimum absolute atomic E-state index is 0.399. The van der Waals surface area contributed by atoms with Crippen LogP contribution in [0.25, 0.3) is 0 Å². The lowest BCUT2D eigenvalue weighted by Crippen LogP contribution is -2.20. The first-order chi connectivity index (χ1) is 6.13. The summed E-state index contributed by atoms with van der Waals surface area (Å²) < 4.78 is 4.66. The lowest BCUT2D eigenvalue weighted by Gasteiger charge is -2.07. The van der Waals surface area contributed by atoms with E-state index < -0.39 is 7.32 Å². The molecule has 0 aliphatic carbocycles. The third-order valence-electron chi connectivity index (χ3n) is 1.64. The van der Waals surface area contributed by atoms with Crippen molar-refractivity contribution in [1.82, 2.24) is 0 Å². The number of hydrogen-bond acceptors (Lipinski definition) is 3. The average molecular weight is 200 g/mol. The van der Waals surface area contributed by atoms with Gasteiger partial charge >= 0.3 is 7.32 Å². The Labute approximate surface area is 82.1 Å². The Morgan fingerprint density at radius 1 is 1.46 bits per heavy atom. The molecule has 1 aromatic rings. The van der Waals surface area contributed by atoms with Gasteiger partial charge in [0.15, 0.2) is 0 Å². The summed E-state index contributed by atoms with van der Waals surface area (Å²) in [6, 6.07) is 4.93. The maximum atomic E-state index is 8.54. The van der Waals surface area contributed by atoms with Crippen LogP contribution in [0.2, 0.25) is 5.02 Å². The van der Waals surface area contributed by atoms with E-state index in [4.69, 9.17) is 21.6 Å². The number of aryl methyl sites for hydroxylation is 1. The van der Waals surface area contributed by atoms with Crippen molar-refractivity contribution in [3.63, 3.8) is 0 Å². The van der Waals surface area contributed by atoms with Gasteiger partial charge < -0.3 is 14.7 Å². The van der Waals surface area contributed by atoms with Crippen molar-refractivity contribution in [2.24, 2.45) is 0 Å². The summed E-state index contributed by atoms with van der Waals surface area (Å²) >= 11 is 5.85. The Morgan fingerprint density at radius 2 is 2.15 bits per heavy atom. The van der Waals surface area contributed by atoms with E-state index in [2.05, 4.69) is 4.65 Å². The zero-order chi connectivity index (χ0) is 9.84. The van der Waals surface area contributed by atoms with E-state index in [9.17, 15) is 0 Å². The molecule has 0 heterocycles. The van der Waals surface area contributed by atoms with Gasteiger partial charge in [-0.25, -0.2) is 0 Å². The lowest BCUT2D eigenvalue weighted by molar-refractivity contribution is 0.288. The van der Waals surface area contributed by atoms with Crippen molar-refractivity contribution in [3.05, 3.63) is 28.8 Å². The van der Waals surface area contributed by atoms with Crippen molar-refractivity contribution >= 4 is 18.9 Å². The van der Waals surface area contributed by atoms with Crippen LogP contribution in [0.1, 0.15) is 12.5 Å². The topological polar surface area (TPSA) is 49.7 Å². The maximum absolute atomic E-state index is 8.54. The van der Waals surface area contributed by atoms with Crippen molar-refractivity contribution in [1.29, 1.82) is 0 Å². The van der Waals surface area contributed by atoms with Crippen LogP contribution >= 0.6 is 11.6 Å². The van der Waals surface area contributed by atoms with E-state index in [0.29, 0.717) is 10.8 Å². The first kappa shape index (κ1) is 10.4. The summed E-state index contributed by atoms with van der Waals surface area (Å²) in [6.07, 6.45) is 0.775. The van der Waals surface area contributed by atoms with Crippen LogP contribution in [-0.2, 0) is 6.42 Å². The molecule has 1 aromatic carbocycles. The predicted octanol–water partition coefficient (Wildman–Crippen LogP) is 1.25. The molecule has 5 heteroatoms. The predicted molar refractivity (Wildman–Crippen MR) is 51.6 cm³/mol. The lowest BCUT2D eigenvalue weighted by atomic mass is 10.1. The summed E-state index contributed by atoms with van der Waals surface area (Å²) in [5.74, 6) is 0.399. The Kier molecular flexibility index (Phi) is 3.60. The summed E-state index contributed by atoms with van der Waals surface area (Å²) in [4.78, 5) is 0. The number of halogens is 1. The normalized spacial score (nSPS) is 9.85. The fourth-order valence-corrected chi connectivity index (χ4v) is 1.27. The summed E-state index contributed by atoms with van der Waals surface area (Å²) in [6.45, 7) is 1.96. The highest BCUT2D eigenvalue weighted by atomic mass is 35.5. The Bertz CT molecular complexity index is 291. The standard InChI is InChI=1S/C8H10BClO3/c1-2-6-5-7(13-9(11)12)3-4-8(6)10/h3-5,11-12H,2H2,1H3. The minimum atomic E-state index is -1.79. The van der Waals surface area contributed by atoms with E-state index in [1.165, 1.54) is 0 Å². The van der Waals surface area contributed by atoms with Crippen LogP contribution in [0.3, 0.4) is 0 Å². The molecule has 0 saturated carbocycles. The molecule has 0 amide bonds. The largest absolute Gasteiger partial charge is 0.707 e. The Balaban J connectivity index is 2.86. The molecule has 0 saturated heterocycles. The number of benzene rings is 1. The highest BCUT2D eigenvalue weighted by molar-refractivity contribution is 6.34. The van der Waals surface area contributed by atoms with Crippen LogP contribution in [0.4, 0.5) is 0 Å². The van der Waals surface area contributed by atoms with Crippen LogP contribution < -0.4 is 4.65 Å². The molecule has 0 aliphatic heterocycles. The molecule has 0 fully saturated rings. The van der Waals surface area contributed by atoms with Gasteiger partial charge in [0.1, 0.15) is 5.75 Å². The molecule has 2 N–H and O–H groups in total. The Hall–Kier alpha value is -0.705. The fourth-order valence-electron chi connectivity index (χ4n) is 1.02. The smallest absolute Gasteiger partial charge is 0.512 e. The molecular weight excluding hydrogens is 190 g/mol. The molecule has 13 heavy (non-hydrogen) atoms. The van der Waals surface area contributed by atoms with Gasteiger partial charge in [0.05, 0.1) is 0 Å². The van der Waals surface area contributed by atoms with Gasteiger partial charge in [-0.3, -0.25) is 0 Å². The maximum Gasteiger partial charge on any atom is 0.707 e. The second-order valence-electron chi connectivity index (χ2n) is 2.55. The highest BCUT2D eigenvalue weighted by Crippen LogP contribution is 2.22. The molecule has 0 aliphatic rings. The average Bonchev–Trinajstić information content (AvgIpc) is 2.07. The van der Waals surface area contributed by atoms with Crippen molar-refractivity contribution in [3.8, 4) is 5.75 Å². The zero-order valence-electron chi connectivity index (χ0n) is 7.20. The molecular formula is C8H10BClO3. The van der Waals surface area contributed by atoms with Crippen LogP contribution in [0.5, 0.6) is 5.75 Å². The molecule has 0 spiro atoms. The molecule has 70 valence electrons.